The van der Waals surface area contributed by atoms with E-state index in [2.05, 4.69) is 61.5 Å². The largest absolute Gasteiger partial charge is 0.0841 e. The third kappa shape index (κ3) is 2.46. The number of hydrogen-bond acceptors (Lipinski definition) is 0. The van der Waals surface area contributed by atoms with Crippen LogP contribution in [-0.4, -0.2) is 0 Å². The summed E-state index contributed by atoms with van der Waals surface area (Å²) in [6, 6.07) is 0. The minimum absolute atomic E-state index is 0.446. The minimum Gasteiger partial charge on any atom is -0.0841 e. The summed E-state index contributed by atoms with van der Waals surface area (Å²) in [7, 11) is 0. The number of allylic oxidation sites excluding steroid dienone is 2. The summed E-state index contributed by atoms with van der Waals surface area (Å²) >= 11 is 0. The Bertz CT molecular complexity index is 741. The fraction of sp³-hybridized carbons (Fsp3) is 0.933. The first-order chi connectivity index (χ1) is 13.9. The molecule has 4 fully saturated rings. The lowest BCUT2D eigenvalue weighted by Gasteiger charge is -2.69. The van der Waals surface area contributed by atoms with E-state index in [0.29, 0.717) is 27.1 Å². The van der Waals surface area contributed by atoms with Crippen LogP contribution in [0.2, 0.25) is 0 Å². The van der Waals surface area contributed by atoms with Crippen LogP contribution in [0.15, 0.2) is 11.6 Å². The maximum atomic E-state index is 2.83. The summed E-state index contributed by atoms with van der Waals surface area (Å²) in [4.78, 5) is 0. The van der Waals surface area contributed by atoms with Gasteiger partial charge in [0, 0.05) is 0 Å². The maximum Gasteiger partial charge on any atom is -0.00566 e. The Morgan fingerprint density at radius 2 is 1.50 bits per heavy atom. The maximum absolute atomic E-state index is 2.83. The molecule has 0 aliphatic heterocycles. The minimum atomic E-state index is 0.446. The van der Waals surface area contributed by atoms with Crippen LogP contribution in [0.4, 0.5) is 0 Å². The number of hydrogen-bond donors (Lipinski definition) is 0. The van der Waals surface area contributed by atoms with E-state index in [1.165, 1.54) is 64.2 Å². The first kappa shape index (κ1) is 21.6. The molecule has 1 unspecified atom stereocenters. The molecule has 0 spiro atoms. The van der Waals surface area contributed by atoms with E-state index < -0.39 is 0 Å². The summed E-state index contributed by atoms with van der Waals surface area (Å²) in [5.41, 5.74) is 4.57. The quantitative estimate of drug-likeness (QED) is 0.378. The van der Waals surface area contributed by atoms with Gasteiger partial charge in [-0.2, -0.15) is 0 Å². The molecule has 0 aromatic carbocycles. The van der Waals surface area contributed by atoms with E-state index >= 15 is 0 Å². The average molecular weight is 411 g/mol. The van der Waals surface area contributed by atoms with Gasteiger partial charge in [0.1, 0.15) is 0 Å². The molecular weight excluding hydrogens is 360 g/mol. The summed E-state index contributed by atoms with van der Waals surface area (Å²) < 4.78 is 0. The highest BCUT2D eigenvalue weighted by molar-refractivity contribution is 5.33. The number of rotatable bonds is 1. The highest BCUT2D eigenvalue weighted by Crippen LogP contribution is 2.76. The second kappa shape index (κ2) is 6.41. The zero-order valence-corrected chi connectivity index (χ0v) is 21.5. The summed E-state index contributed by atoms with van der Waals surface area (Å²) in [6.45, 7) is 21.1. The van der Waals surface area contributed by atoms with Gasteiger partial charge in [0.25, 0.3) is 0 Å². The topological polar surface area (TPSA) is 0 Å². The van der Waals surface area contributed by atoms with Crippen LogP contribution in [0, 0.1) is 56.7 Å². The van der Waals surface area contributed by atoms with E-state index in [4.69, 9.17) is 0 Å². The fourth-order valence-corrected chi connectivity index (χ4v) is 11.3. The third-order valence-electron chi connectivity index (χ3n) is 13.0. The molecule has 30 heavy (non-hydrogen) atoms. The van der Waals surface area contributed by atoms with Crippen LogP contribution in [0.3, 0.4) is 0 Å². The fourth-order valence-electron chi connectivity index (χ4n) is 11.3. The SMILES string of the molecule is CC(C)[C@H]1CCC2[C@]1(C)CC[C@]1(C)C3=CC[C@H]4C(C)(C)CCC[C@]4(C)[C@H]3CC[C@@]21C. The lowest BCUT2D eigenvalue weighted by molar-refractivity contribution is -0.144. The predicted molar refractivity (Wildman–Crippen MR) is 129 cm³/mol. The Kier molecular flexibility index (Phi) is 4.61. The predicted octanol–water partition coefficient (Wildman–Crippen LogP) is 9.05. The lowest BCUT2D eigenvalue weighted by atomic mass is 9.36. The van der Waals surface area contributed by atoms with Crippen molar-refractivity contribution >= 4 is 0 Å². The van der Waals surface area contributed by atoms with Gasteiger partial charge in [0.05, 0.1) is 0 Å². The molecule has 0 heteroatoms. The first-order valence-electron chi connectivity index (χ1n) is 13.6. The normalized spacial score (nSPS) is 54.6. The van der Waals surface area contributed by atoms with Crippen molar-refractivity contribution in [1.29, 1.82) is 0 Å². The van der Waals surface area contributed by atoms with E-state index in [1.54, 1.807) is 0 Å². The molecule has 5 aliphatic carbocycles. The van der Waals surface area contributed by atoms with Gasteiger partial charge in [-0.3, -0.25) is 0 Å². The summed E-state index contributed by atoms with van der Waals surface area (Å²) in [6.07, 6.45) is 17.4. The van der Waals surface area contributed by atoms with Crippen molar-refractivity contribution in [3.63, 3.8) is 0 Å². The molecule has 5 aliphatic rings. The second-order valence-electron chi connectivity index (χ2n) is 14.6. The van der Waals surface area contributed by atoms with Gasteiger partial charge in [-0.1, -0.05) is 73.5 Å². The molecular formula is C30H50. The van der Waals surface area contributed by atoms with Crippen molar-refractivity contribution < 1.29 is 0 Å². The van der Waals surface area contributed by atoms with Crippen LogP contribution in [0.25, 0.3) is 0 Å². The lowest BCUT2D eigenvalue weighted by Crippen LogP contribution is -2.60. The van der Waals surface area contributed by atoms with Gasteiger partial charge in [-0.25, -0.2) is 0 Å². The monoisotopic (exact) mass is 410 g/mol. The third-order valence-corrected chi connectivity index (χ3v) is 13.0. The molecule has 4 saturated carbocycles. The molecule has 0 amide bonds. The summed E-state index contributed by atoms with van der Waals surface area (Å²) in [5, 5.41) is 0. The van der Waals surface area contributed by atoms with Gasteiger partial charge < -0.3 is 0 Å². The molecule has 0 N–H and O–H groups in total. The van der Waals surface area contributed by atoms with Crippen molar-refractivity contribution in [3.8, 4) is 0 Å². The molecule has 0 bridgehead atoms. The zero-order valence-electron chi connectivity index (χ0n) is 21.5. The highest BCUT2D eigenvalue weighted by atomic mass is 14.7. The van der Waals surface area contributed by atoms with Crippen molar-refractivity contribution in [2.75, 3.05) is 0 Å². The molecule has 5 rings (SSSR count). The van der Waals surface area contributed by atoms with Crippen molar-refractivity contribution in [1.82, 2.24) is 0 Å². The Morgan fingerprint density at radius 1 is 0.767 bits per heavy atom. The van der Waals surface area contributed by atoms with Crippen LogP contribution in [0.5, 0.6) is 0 Å². The highest BCUT2D eigenvalue weighted by Gasteiger charge is 2.67. The van der Waals surface area contributed by atoms with E-state index in [-0.39, 0.29) is 0 Å². The molecule has 0 radical (unpaired) electrons. The second-order valence-corrected chi connectivity index (χ2v) is 14.6. The Labute approximate surface area is 188 Å². The molecule has 8 atom stereocenters. The standard InChI is InChI=1S/C30H50/c1-20(2)21-10-13-25-28(21,6)18-19-29(7)23-11-12-24-26(3,4)15-9-16-27(24,5)22(23)14-17-30(25,29)8/h11,20-22,24-25H,9-10,12-19H2,1-8H3/t21-,22+,24+,25?,27-,28-,29-,30+/m1/s1. The Hall–Kier alpha value is -0.260. The van der Waals surface area contributed by atoms with Crippen molar-refractivity contribution in [3.05, 3.63) is 11.6 Å². The van der Waals surface area contributed by atoms with Gasteiger partial charge in [-0.15, -0.1) is 0 Å². The van der Waals surface area contributed by atoms with Gasteiger partial charge in [-0.05, 0) is 114 Å². The van der Waals surface area contributed by atoms with Crippen LogP contribution in [0.1, 0.15) is 120 Å². The molecule has 170 valence electrons. The molecule has 0 aromatic rings. The Morgan fingerprint density at radius 3 is 2.20 bits per heavy atom. The van der Waals surface area contributed by atoms with Gasteiger partial charge in [0.15, 0.2) is 0 Å². The average Bonchev–Trinajstić information content (AvgIpc) is 3.01. The Balaban J connectivity index is 1.55. The van der Waals surface area contributed by atoms with E-state index in [0.717, 1.165) is 29.6 Å². The van der Waals surface area contributed by atoms with E-state index in [9.17, 15) is 0 Å². The zero-order chi connectivity index (χ0) is 21.7. The van der Waals surface area contributed by atoms with Crippen molar-refractivity contribution in [2.24, 2.45) is 56.7 Å². The first-order valence-corrected chi connectivity index (χ1v) is 13.6. The molecule has 0 heterocycles. The molecule has 0 nitrogen and oxygen atoms in total. The van der Waals surface area contributed by atoms with Crippen LogP contribution in [-0.2, 0) is 0 Å². The van der Waals surface area contributed by atoms with Gasteiger partial charge in [0.2, 0.25) is 0 Å². The van der Waals surface area contributed by atoms with Crippen molar-refractivity contribution in [2.45, 2.75) is 120 Å². The smallest absolute Gasteiger partial charge is 0.00566 e. The van der Waals surface area contributed by atoms with E-state index in [1.807, 2.05) is 5.57 Å². The molecule has 0 saturated heterocycles. The van der Waals surface area contributed by atoms with Crippen LogP contribution < -0.4 is 0 Å². The summed E-state index contributed by atoms with van der Waals surface area (Å²) in [5.74, 6) is 4.49. The van der Waals surface area contributed by atoms with Crippen LogP contribution >= 0.6 is 0 Å². The number of fused-ring (bicyclic) bond motifs is 7. The van der Waals surface area contributed by atoms with Gasteiger partial charge >= 0.3 is 0 Å². The molecule has 0 aromatic heterocycles.